The third kappa shape index (κ3) is 5.19. The number of likely N-dealkylation sites (N-methyl/N-ethyl adjacent to an activating group) is 1. The van der Waals surface area contributed by atoms with Gasteiger partial charge in [0.2, 0.25) is 11.9 Å². The van der Waals surface area contributed by atoms with E-state index in [0.29, 0.717) is 19.0 Å². The first-order valence-electron chi connectivity index (χ1n) is 13.9. The highest BCUT2D eigenvalue weighted by Gasteiger charge is 2.32. The lowest BCUT2D eigenvalue weighted by molar-refractivity contribution is -0.131. The van der Waals surface area contributed by atoms with Gasteiger partial charge in [0.15, 0.2) is 0 Å². The number of rotatable bonds is 1. The summed E-state index contributed by atoms with van der Waals surface area (Å²) in [5.41, 5.74) is 7.70. The molecule has 10 aliphatic heterocycles. The van der Waals surface area contributed by atoms with Gasteiger partial charge in [0.1, 0.15) is 5.82 Å². The number of amides is 1. The number of aromatic nitrogens is 3. The molecule has 1 atom stereocenters. The monoisotopic (exact) mass is 539 g/mol. The molecule has 0 spiro atoms. The zero-order chi connectivity index (χ0) is 27.8. The number of pyridine rings is 1. The van der Waals surface area contributed by atoms with E-state index < -0.39 is 0 Å². The highest BCUT2D eigenvalue weighted by Crippen LogP contribution is 2.36. The molecule has 10 nitrogen and oxygen atoms in total. The van der Waals surface area contributed by atoms with E-state index in [9.17, 15) is 4.79 Å². The molecular weight excluding hydrogens is 502 g/mol. The molecule has 1 unspecified atom stereocenters. The first-order chi connectivity index (χ1) is 19.4. The maximum absolute atomic E-state index is 13.2. The topological polar surface area (TPSA) is 84.0 Å². The fraction of sp³-hybridized carbons (Fsp3) is 0.400. The summed E-state index contributed by atoms with van der Waals surface area (Å²) in [6.45, 7) is 5.30. The number of nitrogens with one attached hydrogen (secondary N) is 1. The minimum Gasteiger partial charge on any atom is -0.376 e. The lowest BCUT2D eigenvalue weighted by Gasteiger charge is -2.44. The summed E-state index contributed by atoms with van der Waals surface area (Å²) < 4.78 is 0. The fourth-order valence-electron chi connectivity index (χ4n) is 5.78. The summed E-state index contributed by atoms with van der Waals surface area (Å²) in [5.74, 6) is 1.61. The van der Waals surface area contributed by atoms with Crippen LogP contribution in [-0.2, 0) is 11.3 Å². The summed E-state index contributed by atoms with van der Waals surface area (Å²) in [4.78, 5) is 38.0. The molecule has 13 rings (SSSR count). The van der Waals surface area contributed by atoms with Crippen molar-refractivity contribution in [3.05, 3.63) is 65.6 Å². The molecule has 1 aromatic carbocycles. The van der Waals surface area contributed by atoms with Crippen LogP contribution in [0.2, 0.25) is 0 Å². The number of carbonyl (C=O) groups is 1. The first-order valence-corrected chi connectivity index (χ1v) is 13.9. The summed E-state index contributed by atoms with van der Waals surface area (Å²) in [7, 11) is 8.15. The van der Waals surface area contributed by atoms with Gasteiger partial charge in [-0.2, -0.15) is 0 Å². The van der Waals surface area contributed by atoms with Crippen LogP contribution in [0.25, 0.3) is 17.0 Å². The summed E-state index contributed by atoms with van der Waals surface area (Å²) in [5, 5.41) is 3.42. The minimum absolute atomic E-state index is 0.166. The van der Waals surface area contributed by atoms with Gasteiger partial charge in [-0.1, -0.05) is 6.07 Å². The molecule has 1 fully saturated rings. The molecule has 0 aliphatic carbocycles. The van der Waals surface area contributed by atoms with E-state index in [2.05, 4.69) is 67.2 Å². The zero-order valence-corrected chi connectivity index (χ0v) is 23.8. The third-order valence-corrected chi connectivity index (χ3v) is 8.00. The number of hydrogen-bond donors (Lipinski definition) is 1. The maximum atomic E-state index is 13.2. The quantitative estimate of drug-likeness (QED) is 0.502. The standard InChI is InChI=1S/C30H37N9O/c1-35(2)29-24-8-7-23-16-22(24)18-39-15-14-38(19-26(29)39)20-28(40)37(4)13-5-12-36(3)27-9-6-21(17-32-27)25-10-11-31-30(33-23)34-25/h6-11,16-17H,5,12-15,18-20H2,1-4H3,(H,31,33,34). The Kier molecular flexibility index (Phi) is 7.02. The lowest BCUT2D eigenvalue weighted by atomic mass is 9.95. The predicted octanol–water partition coefficient (Wildman–Crippen LogP) is 2.94. The van der Waals surface area contributed by atoms with Crippen LogP contribution in [0.5, 0.6) is 0 Å². The molecule has 1 N–H and O–H groups in total. The Labute approximate surface area is 235 Å². The van der Waals surface area contributed by atoms with E-state index in [1.807, 2.05) is 43.4 Å². The highest BCUT2D eigenvalue weighted by molar-refractivity contribution is 5.78. The largest absolute Gasteiger partial charge is 0.376 e. The van der Waals surface area contributed by atoms with Gasteiger partial charge in [0.25, 0.3) is 0 Å². The van der Waals surface area contributed by atoms with Gasteiger partial charge in [0, 0.05) is 96.7 Å². The van der Waals surface area contributed by atoms with Crippen LogP contribution >= 0.6 is 0 Å². The van der Waals surface area contributed by atoms with E-state index in [4.69, 9.17) is 4.98 Å². The Balaban J connectivity index is 1.37. The second-order valence-corrected chi connectivity index (χ2v) is 11.1. The van der Waals surface area contributed by atoms with E-state index in [0.717, 1.165) is 61.9 Å². The molecule has 0 radical (unpaired) electrons. The van der Waals surface area contributed by atoms with Crippen molar-refractivity contribution >= 4 is 29.1 Å². The van der Waals surface area contributed by atoms with E-state index in [-0.39, 0.29) is 5.91 Å². The molecule has 12 heterocycles. The van der Waals surface area contributed by atoms with Crippen LogP contribution in [0.15, 0.2) is 54.5 Å². The van der Waals surface area contributed by atoms with Crippen LogP contribution in [0.1, 0.15) is 17.5 Å². The van der Waals surface area contributed by atoms with Crippen molar-refractivity contribution in [1.82, 2.24) is 34.6 Å². The van der Waals surface area contributed by atoms with Crippen molar-refractivity contribution in [3.63, 3.8) is 0 Å². The van der Waals surface area contributed by atoms with Crippen molar-refractivity contribution in [2.24, 2.45) is 0 Å². The van der Waals surface area contributed by atoms with Gasteiger partial charge in [-0.25, -0.2) is 15.0 Å². The van der Waals surface area contributed by atoms with Gasteiger partial charge in [-0.15, -0.1) is 0 Å². The van der Waals surface area contributed by atoms with Gasteiger partial charge < -0.3 is 24.9 Å². The molecule has 3 aromatic rings. The Morgan fingerprint density at radius 2 is 1.75 bits per heavy atom. The molecular formula is C30H37N9O. The second-order valence-electron chi connectivity index (χ2n) is 11.1. The van der Waals surface area contributed by atoms with Gasteiger partial charge >= 0.3 is 0 Å². The van der Waals surface area contributed by atoms with Crippen molar-refractivity contribution in [2.75, 3.05) is 77.7 Å². The number of benzene rings is 1. The predicted molar refractivity (Wildman–Crippen MR) is 158 cm³/mol. The van der Waals surface area contributed by atoms with Crippen LogP contribution in [0.4, 0.5) is 17.5 Å². The Hall–Kier alpha value is -4.18. The van der Waals surface area contributed by atoms with Gasteiger partial charge in [-0.3, -0.25) is 9.69 Å². The number of nitrogens with zero attached hydrogens (tertiary/aromatic N) is 8. The summed E-state index contributed by atoms with van der Waals surface area (Å²) in [6, 6.07) is 12.4. The van der Waals surface area contributed by atoms with Crippen molar-refractivity contribution in [3.8, 4) is 11.3 Å². The Morgan fingerprint density at radius 1 is 0.900 bits per heavy atom. The average molecular weight is 540 g/mol. The smallest absolute Gasteiger partial charge is 0.236 e. The van der Waals surface area contributed by atoms with Gasteiger partial charge in [-0.05, 0) is 42.3 Å². The van der Waals surface area contributed by atoms with Crippen LogP contribution < -0.4 is 10.2 Å². The number of piperazine rings is 1. The Bertz CT molecular complexity index is 1440. The van der Waals surface area contributed by atoms with E-state index >= 15 is 0 Å². The van der Waals surface area contributed by atoms with Crippen LogP contribution in [-0.4, -0.2) is 108 Å². The second kappa shape index (κ2) is 10.8. The molecule has 10 heteroatoms. The molecule has 10 aliphatic rings. The molecule has 40 heavy (non-hydrogen) atoms. The lowest BCUT2D eigenvalue weighted by Crippen LogP contribution is -2.50. The number of carbonyl (C=O) groups excluding carboxylic acids is 1. The summed E-state index contributed by atoms with van der Waals surface area (Å²) in [6.07, 6.45) is 4.50. The SMILES string of the molecule is CN(C)C1=C2CN3CCN2Cc2cc(ccc21)Nc1nccc(n1)-c1ccc(nc1)N(C)CCCN(C)C(=O)C3. The Morgan fingerprint density at radius 3 is 2.55 bits per heavy atom. The molecule has 10 bridgehead atoms. The van der Waals surface area contributed by atoms with E-state index in [1.165, 1.54) is 22.5 Å². The van der Waals surface area contributed by atoms with Gasteiger partial charge in [0.05, 0.1) is 23.6 Å². The van der Waals surface area contributed by atoms with Crippen LogP contribution in [0, 0.1) is 0 Å². The normalized spacial score (nSPS) is 19.4. The first kappa shape index (κ1) is 26.1. The molecule has 0 saturated carbocycles. The summed E-state index contributed by atoms with van der Waals surface area (Å²) >= 11 is 0. The number of anilines is 3. The van der Waals surface area contributed by atoms with E-state index in [1.54, 1.807) is 6.20 Å². The van der Waals surface area contributed by atoms with Crippen LogP contribution in [0.3, 0.4) is 0 Å². The van der Waals surface area contributed by atoms with Crippen molar-refractivity contribution in [1.29, 1.82) is 0 Å². The molecule has 1 saturated heterocycles. The molecule has 1 amide bonds. The molecule has 208 valence electrons. The maximum Gasteiger partial charge on any atom is 0.236 e. The average Bonchev–Trinajstić information content (AvgIpc) is 2.95. The minimum atomic E-state index is 0.166. The van der Waals surface area contributed by atoms with Crippen molar-refractivity contribution in [2.45, 2.75) is 13.0 Å². The highest BCUT2D eigenvalue weighted by atomic mass is 16.2. The van der Waals surface area contributed by atoms with Crippen molar-refractivity contribution < 1.29 is 4.79 Å². The molecule has 2 aromatic heterocycles. The zero-order valence-electron chi connectivity index (χ0n) is 23.8. The third-order valence-electron chi connectivity index (χ3n) is 8.00. The fourth-order valence-corrected chi connectivity index (χ4v) is 5.78. The number of hydrogen-bond acceptors (Lipinski definition) is 9.